The molecule has 17 heavy (non-hydrogen) atoms. The van der Waals surface area contributed by atoms with Crippen molar-refractivity contribution in [1.82, 2.24) is 4.98 Å². The van der Waals surface area contributed by atoms with E-state index in [0.29, 0.717) is 17.3 Å². The van der Waals surface area contributed by atoms with Crippen LogP contribution in [0.3, 0.4) is 0 Å². The van der Waals surface area contributed by atoms with E-state index in [0.717, 1.165) is 16.5 Å². The summed E-state index contributed by atoms with van der Waals surface area (Å²) in [6, 6.07) is 5.64. The average Bonchev–Trinajstić information content (AvgIpc) is 2.27. The standard InChI is InChI=1S/C12H14N2O2.ClH/c1-7-9-6-11(16-3)10(15-2)4-8(9)5-12(13)14-7;/h4-6H,1-3H3,(H2,13,14);1H. The Kier molecular flexibility index (Phi) is 4.02. The van der Waals surface area contributed by atoms with E-state index in [-0.39, 0.29) is 12.4 Å². The van der Waals surface area contributed by atoms with Crippen LogP contribution in [0.1, 0.15) is 5.69 Å². The Morgan fingerprint density at radius 1 is 1.06 bits per heavy atom. The molecule has 2 N–H and O–H groups in total. The molecule has 0 saturated carbocycles. The first kappa shape index (κ1) is 13.4. The van der Waals surface area contributed by atoms with Gasteiger partial charge in [0.2, 0.25) is 0 Å². The largest absolute Gasteiger partial charge is 0.493 e. The highest BCUT2D eigenvalue weighted by molar-refractivity contribution is 5.89. The normalized spacial score (nSPS) is 9.82. The van der Waals surface area contributed by atoms with Gasteiger partial charge in [-0.15, -0.1) is 12.4 Å². The minimum Gasteiger partial charge on any atom is -0.493 e. The maximum Gasteiger partial charge on any atom is 0.161 e. The molecule has 0 fully saturated rings. The Labute approximate surface area is 106 Å². The molecule has 0 saturated heterocycles. The number of aromatic nitrogens is 1. The Bertz CT molecular complexity index is 544. The highest BCUT2D eigenvalue weighted by Crippen LogP contribution is 2.33. The second-order valence-corrected chi connectivity index (χ2v) is 3.56. The van der Waals surface area contributed by atoms with Gasteiger partial charge in [0, 0.05) is 11.1 Å². The number of anilines is 1. The van der Waals surface area contributed by atoms with Gasteiger partial charge >= 0.3 is 0 Å². The van der Waals surface area contributed by atoms with Crippen LogP contribution in [-0.2, 0) is 0 Å². The van der Waals surface area contributed by atoms with Gasteiger partial charge in [-0.3, -0.25) is 0 Å². The Hall–Kier alpha value is -1.68. The zero-order valence-electron chi connectivity index (χ0n) is 9.98. The van der Waals surface area contributed by atoms with Crippen LogP contribution in [-0.4, -0.2) is 19.2 Å². The third kappa shape index (κ3) is 2.36. The molecule has 0 aliphatic rings. The van der Waals surface area contributed by atoms with Gasteiger partial charge in [-0.05, 0) is 30.5 Å². The van der Waals surface area contributed by atoms with Gasteiger partial charge in [0.25, 0.3) is 0 Å². The summed E-state index contributed by atoms with van der Waals surface area (Å²) in [5.74, 6) is 1.90. The molecule has 2 aromatic rings. The van der Waals surface area contributed by atoms with Crippen molar-refractivity contribution in [2.75, 3.05) is 20.0 Å². The van der Waals surface area contributed by atoms with Crippen molar-refractivity contribution < 1.29 is 9.47 Å². The van der Waals surface area contributed by atoms with E-state index in [2.05, 4.69) is 4.98 Å². The third-order valence-electron chi connectivity index (χ3n) is 2.55. The summed E-state index contributed by atoms with van der Waals surface area (Å²) in [6.07, 6.45) is 0. The molecule has 0 spiro atoms. The molecule has 2 rings (SSSR count). The number of ether oxygens (including phenoxy) is 2. The van der Waals surface area contributed by atoms with Gasteiger partial charge in [0.1, 0.15) is 5.82 Å². The molecule has 0 aliphatic heterocycles. The fourth-order valence-corrected chi connectivity index (χ4v) is 1.77. The maximum absolute atomic E-state index is 5.70. The average molecular weight is 255 g/mol. The lowest BCUT2D eigenvalue weighted by atomic mass is 10.1. The number of aryl methyl sites for hydroxylation is 1. The van der Waals surface area contributed by atoms with E-state index < -0.39 is 0 Å². The predicted octanol–water partition coefficient (Wildman–Crippen LogP) is 2.56. The van der Waals surface area contributed by atoms with Gasteiger partial charge in [-0.1, -0.05) is 0 Å². The molecule has 4 nitrogen and oxygen atoms in total. The molecule has 0 aliphatic carbocycles. The number of nitrogens with two attached hydrogens (primary N) is 1. The smallest absolute Gasteiger partial charge is 0.161 e. The molecule has 1 aromatic carbocycles. The number of hydrogen-bond donors (Lipinski definition) is 1. The van der Waals surface area contributed by atoms with Gasteiger partial charge in [-0.2, -0.15) is 0 Å². The summed E-state index contributed by atoms with van der Waals surface area (Å²) >= 11 is 0. The van der Waals surface area contributed by atoms with Crippen LogP contribution < -0.4 is 15.2 Å². The van der Waals surface area contributed by atoms with E-state index in [1.807, 2.05) is 25.1 Å². The van der Waals surface area contributed by atoms with Crippen LogP contribution in [0.4, 0.5) is 5.82 Å². The molecule has 0 bridgehead atoms. The lowest BCUT2D eigenvalue weighted by Gasteiger charge is -2.10. The highest BCUT2D eigenvalue weighted by atomic mass is 35.5. The predicted molar refractivity (Wildman–Crippen MR) is 71.2 cm³/mol. The molecule has 0 amide bonds. The van der Waals surface area contributed by atoms with Crippen LogP contribution >= 0.6 is 12.4 Å². The monoisotopic (exact) mass is 254 g/mol. The van der Waals surface area contributed by atoms with E-state index in [1.165, 1.54) is 0 Å². The van der Waals surface area contributed by atoms with Gasteiger partial charge < -0.3 is 15.2 Å². The van der Waals surface area contributed by atoms with Crippen LogP contribution in [0.5, 0.6) is 11.5 Å². The number of nitrogen functional groups attached to an aromatic ring is 1. The quantitative estimate of drug-likeness (QED) is 0.895. The topological polar surface area (TPSA) is 57.4 Å². The summed E-state index contributed by atoms with van der Waals surface area (Å²) in [5, 5.41) is 2.02. The Morgan fingerprint density at radius 2 is 1.65 bits per heavy atom. The number of nitrogens with zero attached hydrogens (tertiary/aromatic N) is 1. The molecule has 1 aromatic heterocycles. The van der Waals surface area contributed by atoms with Crippen molar-refractivity contribution in [3.63, 3.8) is 0 Å². The zero-order chi connectivity index (χ0) is 11.7. The molecule has 5 heteroatoms. The molecule has 1 heterocycles. The van der Waals surface area contributed by atoms with E-state index in [1.54, 1.807) is 14.2 Å². The van der Waals surface area contributed by atoms with E-state index >= 15 is 0 Å². The van der Waals surface area contributed by atoms with Crippen LogP contribution in [0.25, 0.3) is 10.8 Å². The Balaban J connectivity index is 0.00000144. The minimum absolute atomic E-state index is 0. The number of halogens is 1. The number of fused-ring (bicyclic) bond motifs is 1. The fraction of sp³-hybridized carbons (Fsp3) is 0.250. The van der Waals surface area contributed by atoms with Crippen LogP contribution in [0.2, 0.25) is 0 Å². The minimum atomic E-state index is 0. The third-order valence-corrected chi connectivity index (χ3v) is 2.55. The van der Waals surface area contributed by atoms with Crippen molar-refractivity contribution in [2.24, 2.45) is 0 Å². The summed E-state index contributed by atoms with van der Waals surface area (Å²) in [5.41, 5.74) is 6.59. The summed E-state index contributed by atoms with van der Waals surface area (Å²) in [7, 11) is 3.23. The molecular weight excluding hydrogens is 240 g/mol. The van der Waals surface area contributed by atoms with Crippen LogP contribution in [0, 0.1) is 6.92 Å². The number of methoxy groups -OCH3 is 2. The first-order valence-corrected chi connectivity index (χ1v) is 4.94. The van der Waals surface area contributed by atoms with Crippen LogP contribution in [0.15, 0.2) is 18.2 Å². The van der Waals surface area contributed by atoms with Crippen molar-refractivity contribution in [2.45, 2.75) is 6.92 Å². The van der Waals surface area contributed by atoms with Crippen molar-refractivity contribution in [1.29, 1.82) is 0 Å². The fourth-order valence-electron chi connectivity index (χ4n) is 1.77. The van der Waals surface area contributed by atoms with E-state index in [4.69, 9.17) is 15.2 Å². The number of pyridine rings is 1. The number of hydrogen-bond acceptors (Lipinski definition) is 4. The Morgan fingerprint density at radius 3 is 2.24 bits per heavy atom. The second kappa shape index (κ2) is 5.10. The van der Waals surface area contributed by atoms with E-state index in [9.17, 15) is 0 Å². The first-order valence-electron chi connectivity index (χ1n) is 4.94. The molecule has 0 radical (unpaired) electrons. The van der Waals surface area contributed by atoms with Gasteiger partial charge in [-0.25, -0.2) is 4.98 Å². The number of rotatable bonds is 2. The lowest BCUT2D eigenvalue weighted by Crippen LogP contribution is -1.95. The molecular formula is C12H15ClN2O2. The molecule has 0 unspecified atom stereocenters. The number of benzene rings is 1. The second-order valence-electron chi connectivity index (χ2n) is 3.56. The van der Waals surface area contributed by atoms with Crippen molar-refractivity contribution >= 4 is 29.0 Å². The highest BCUT2D eigenvalue weighted by Gasteiger charge is 2.08. The summed E-state index contributed by atoms with van der Waals surface area (Å²) < 4.78 is 10.5. The molecule has 0 atom stereocenters. The SMILES string of the molecule is COc1cc2cc(N)nc(C)c2cc1OC.Cl. The summed E-state index contributed by atoms with van der Waals surface area (Å²) in [6.45, 7) is 1.92. The van der Waals surface area contributed by atoms with Crippen molar-refractivity contribution in [3.8, 4) is 11.5 Å². The molecule has 92 valence electrons. The maximum atomic E-state index is 5.70. The van der Waals surface area contributed by atoms with Crippen molar-refractivity contribution in [3.05, 3.63) is 23.9 Å². The zero-order valence-corrected chi connectivity index (χ0v) is 10.8. The lowest BCUT2D eigenvalue weighted by molar-refractivity contribution is 0.356. The first-order chi connectivity index (χ1) is 7.65. The summed E-state index contributed by atoms with van der Waals surface area (Å²) in [4.78, 5) is 4.21. The van der Waals surface area contributed by atoms with Gasteiger partial charge in [0.15, 0.2) is 11.5 Å². The van der Waals surface area contributed by atoms with Gasteiger partial charge in [0.05, 0.1) is 14.2 Å².